The van der Waals surface area contributed by atoms with Crippen molar-refractivity contribution >= 4 is 28.2 Å². The summed E-state index contributed by atoms with van der Waals surface area (Å²) in [5.74, 6) is 0.915. The number of aromatic nitrogens is 2. The van der Waals surface area contributed by atoms with Crippen LogP contribution in [0.4, 0.5) is 5.13 Å². The molecule has 0 atom stereocenters. The summed E-state index contributed by atoms with van der Waals surface area (Å²) in [5.41, 5.74) is 5.45. The van der Waals surface area contributed by atoms with Gasteiger partial charge < -0.3 is 11.1 Å². The Morgan fingerprint density at radius 1 is 1.31 bits per heavy atom. The SMILES string of the molecule is NCCSc1nnc(NC2CCCCC2)s1. The molecule has 1 fully saturated rings. The van der Waals surface area contributed by atoms with Crippen LogP contribution in [0.15, 0.2) is 4.34 Å². The van der Waals surface area contributed by atoms with E-state index in [2.05, 4.69) is 15.5 Å². The van der Waals surface area contributed by atoms with E-state index in [-0.39, 0.29) is 0 Å². The number of anilines is 1. The van der Waals surface area contributed by atoms with Crippen LogP contribution in [0.2, 0.25) is 0 Å². The van der Waals surface area contributed by atoms with Gasteiger partial charge in [-0.3, -0.25) is 0 Å². The molecule has 1 saturated carbocycles. The van der Waals surface area contributed by atoms with Crippen molar-refractivity contribution in [3.05, 3.63) is 0 Å². The Bertz CT molecular complexity index is 310. The first-order chi connectivity index (χ1) is 7.88. The summed E-state index contributed by atoms with van der Waals surface area (Å²) < 4.78 is 1.02. The van der Waals surface area contributed by atoms with Gasteiger partial charge in [0.25, 0.3) is 0 Å². The summed E-state index contributed by atoms with van der Waals surface area (Å²) in [6.07, 6.45) is 6.60. The molecule has 3 N–H and O–H groups in total. The average molecular weight is 258 g/mol. The molecule has 0 spiro atoms. The molecule has 0 aliphatic heterocycles. The van der Waals surface area contributed by atoms with E-state index in [1.165, 1.54) is 32.1 Å². The fourth-order valence-electron chi connectivity index (χ4n) is 1.89. The summed E-state index contributed by atoms with van der Waals surface area (Å²) >= 11 is 3.32. The van der Waals surface area contributed by atoms with Crippen molar-refractivity contribution in [2.75, 3.05) is 17.6 Å². The van der Waals surface area contributed by atoms with Crippen LogP contribution in [-0.4, -0.2) is 28.5 Å². The molecular formula is C10H18N4S2. The van der Waals surface area contributed by atoms with Crippen LogP contribution in [-0.2, 0) is 0 Å². The molecule has 1 aliphatic rings. The van der Waals surface area contributed by atoms with Crippen molar-refractivity contribution < 1.29 is 0 Å². The zero-order chi connectivity index (χ0) is 11.2. The van der Waals surface area contributed by atoms with Gasteiger partial charge in [-0.1, -0.05) is 42.4 Å². The van der Waals surface area contributed by atoms with Crippen molar-refractivity contribution in [1.29, 1.82) is 0 Å². The van der Waals surface area contributed by atoms with E-state index in [0.29, 0.717) is 12.6 Å². The number of hydrogen-bond acceptors (Lipinski definition) is 6. The molecule has 0 amide bonds. The molecule has 4 nitrogen and oxygen atoms in total. The molecular weight excluding hydrogens is 240 g/mol. The van der Waals surface area contributed by atoms with Gasteiger partial charge in [0, 0.05) is 18.3 Å². The normalized spacial score (nSPS) is 17.6. The molecule has 6 heteroatoms. The highest BCUT2D eigenvalue weighted by molar-refractivity contribution is 8.01. The van der Waals surface area contributed by atoms with Gasteiger partial charge in [0.2, 0.25) is 5.13 Å². The van der Waals surface area contributed by atoms with Crippen LogP contribution in [0.5, 0.6) is 0 Å². The molecule has 0 unspecified atom stereocenters. The summed E-state index contributed by atoms with van der Waals surface area (Å²) in [7, 11) is 0. The second kappa shape index (κ2) is 6.42. The summed E-state index contributed by atoms with van der Waals surface area (Å²) in [6.45, 7) is 0.690. The molecule has 90 valence electrons. The van der Waals surface area contributed by atoms with Gasteiger partial charge >= 0.3 is 0 Å². The number of hydrogen-bond donors (Lipinski definition) is 2. The third-order valence-electron chi connectivity index (χ3n) is 2.68. The van der Waals surface area contributed by atoms with Gasteiger partial charge in [-0.2, -0.15) is 0 Å². The standard InChI is InChI=1S/C10H18N4S2/c11-6-7-15-10-14-13-9(16-10)12-8-4-2-1-3-5-8/h8H,1-7,11H2,(H,12,13). The highest BCUT2D eigenvalue weighted by Gasteiger charge is 2.14. The topological polar surface area (TPSA) is 63.8 Å². The zero-order valence-corrected chi connectivity index (χ0v) is 10.9. The smallest absolute Gasteiger partial charge is 0.206 e. The van der Waals surface area contributed by atoms with Crippen LogP contribution in [0.1, 0.15) is 32.1 Å². The maximum absolute atomic E-state index is 5.45. The molecule has 1 heterocycles. The Hall–Kier alpha value is -0.330. The number of nitrogens with one attached hydrogen (secondary N) is 1. The molecule has 1 aromatic heterocycles. The third-order valence-corrected chi connectivity index (χ3v) is 4.70. The number of nitrogens with two attached hydrogens (primary N) is 1. The fourth-order valence-corrected chi connectivity index (χ4v) is 3.56. The molecule has 1 aliphatic carbocycles. The van der Waals surface area contributed by atoms with Crippen molar-refractivity contribution in [2.45, 2.75) is 42.5 Å². The minimum Gasteiger partial charge on any atom is -0.357 e. The van der Waals surface area contributed by atoms with Gasteiger partial charge in [-0.25, -0.2) is 0 Å². The second-order valence-corrected chi connectivity index (χ2v) is 6.31. The lowest BCUT2D eigenvalue weighted by atomic mass is 9.96. The van der Waals surface area contributed by atoms with E-state index >= 15 is 0 Å². The lowest BCUT2D eigenvalue weighted by Gasteiger charge is -2.21. The first kappa shape index (κ1) is 12.1. The Morgan fingerprint density at radius 2 is 2.12 bits per heavy atom. The van der Waals surface area contributed by atoms with Crippen molar-refractivity contribution in [3.63, 3.8) is 0 Å². The zero-order valence-electron chi connectivity index (χ0n) is 9.32. The predicted molar refractivity (Wildman–Crippen MR) is 70.2 cm³/mol. The number of thioether (sulfide) groups is 1. The van der Waals surface area contributed by atoms with Crippen LogP contribution in [0, 0.1) is 0 Å². The third kappa shape index (κ3) is 3.61. The van der Waals surface area contributed by atoms with Gasteiger partial charge in [0.1, 0.15) is 0 Å². The summed E-state index contributed by atoms with van der Waals surface area (Å²) in [5, 5.41) is 12.7. The Balaban J connectivity index is 1.81. The maximum atomic E-state index is 5.45. The van der Waals surface area contributed by atoms with Gasteiger partial charge in [0.15, 0.2) is 4.34 Å². The quantitative estimate of drug-likeness (QED) is 0.794. The van der Waals surface area contributed by atoms with E-state index in [0.717, 1.165) is 15.2 Å². The van der Waals surface area contributed by atoms with Crippen molar-refractivity contribution in [3.8, 4) is 0 Å². The molecule has 0 aromatic carbocycles. The Morgan fingerprint density at radius 3 is 2.88 bits per heavy atom. The van der Waals surface area contributed by atoms with E-state index in [1.54, 1.807) is 23.1 Å². The predicted octanol–water partition coefficient (Wildman–Crippen LogP) is 2.33. The summed E-state index contributed by atoms with van der Waals surface area (Å²) in [6, 6.07) is 0.606. The maximum Gasteiger partial charge on any atom is 0.206 e. The lowest BCUT2D eigenvalue weighted by molar-refractivity contribution is 0.462. The molecule has 0 bridgehead atoms. The second-order valence-electron chi connectivity index (χ2n) is 3.99. The fraction of sp³-hybridized carbons (Fsp3) is 0.800. The van der Waals surface area contributed by atoms with Crippen molar-refractivity contribution in [1.82, 2.24) is 10.2 Å². The number of nitrogens with zero attached hydrogens (tertiary/aromatic N) is 2. The van der Waals surface area contributed by atoms with Crippen LogP contribution >= 0.6 is 23.1 Å². The highest BCUT2D eigenvalue weighted by atomic mass is 32.2. The summed E-state index contributed by atoms with van der Waals surface area (Å²) in [4.78, 5) is 0. The highest BCUT2D eigenvalue weighted by Crippen LogP contribution is 2.27. The van der Waals surface area contributed by atoms with E-state index in [9.17, 15) is 0 Å². The minimum atomic E-state index is 0.606. The lowest BCUT2D eigenvalue weighted by Crippen LogP contribution is -2.21. The van der Waals surface area contributed by atoms with E-state index in [4.69, 9.17) is 5.73 Å². The first-order valence-corrected chi connectivity index (χ1v) is 7.61. The minimum absolute atomic E-state index is 0.606. The van der Waals surface area contributed by atoms with Crippen LogP contribution in [0.25, 0.3) is 0 Å². The molecule has 16 heavy (non-hydrogen) atoms. The molecule has 0 radical (unpaired) electrons. The van der Waals surface area contributed by atoms with Gasteiger partial charge in [-0.15, -0.1) is 10.2 Å². The molecule has 1 aromatic rings. The largest absolute Gasteiger partial charge is 0.357 e. The monoisotopic (exact) mass is 258 g/mol. The van der Waals surface area contributed by atoms with Gasteiger partial charge in [-0.05, 0) is 12.8 Å². The van der Waals surface area contributed by atoms with Crippen molar-refractivity contribution in [2.24, 2.45) is 5.73 Å². The number of rotatable bonds is 5. The van der Waals surface area contributed by atoms with Gasteiger partial charge in [0.05, 0.1) is 0 Å². The van der Waals surface area contributed by atoms with Crippen LogP contribution in [0.3, 0.4) is 0 Å². The van der Waals surface area contributed by atoms with E-state index in [1.807, 2.05) is 0 Å². The average Bonchev–Trinajstić information content (AvgIpc) is 2.75. The van der Waals surface area contributed by atoms with Crippen LogP contribution < -0.4 is 11.1 Å². The Labute approximate surface area is 104 Å². The molecule has 0 saturated heterocycles. The molecule has 2 rings (SSSR count). The first-order valence-electron chi connectivity index (χ1n) is 5.81. The van der Waals surface area contributed by atoms with E-state index < -0.39 is 0 Å². The Kier molecular flexibility index (Phi) is 4.87.